The van der Waals surface area contributed by atoms with Crippen molar-refractivity contribution in [1.29, 1.82) is 0 Å². The average Bonchev–Trinajstić information content (AvgIpc) is 3.18. The number of carbonyl (C=O) groups excluding carboxylic acids is 1. The average molecular weight is 532 g/mol. The van der Waals surface area contributed by atoms with Gasteiger partial charge in [-0.05, 0) is 43.0 Å². The van der Waals surface area contributed by atoms with Gasteiger partial charge in [0, 0.05) is 41.3 Å². The van der Waals surface area contributed by atoms with Gasteiger partial charge in [-0.2, -0.15) is 0 Å². The molecule has 0 spiro atoms. The molecule has 1 aliphatic rings. The van der Waals surface area contributed by atoms with Gasteiger partial charge < -0.3 is 24.6 Å². The Morgan fingerprint density at radius 3 is 2.20 bits per heavy atom. The van der Waals surface area contributed by atoms with Gasteiger partial charge in [-0.15, -0.1) is 24.0 Å². The number of amides is 1. The molecule has 1 aromatic carbocycles. The van der Waals surface area contributed by atoms with Gasteiger partial charge in [-0.3, -0.25) is 9.79 Å². The number of nitrogens with one attached hydrogen (secondary N) is 1. The van der Waals surface area contributed by atoms with E-state index >= 15 is 0 Å². The normalized spacial score (nSPS) is 15.2. The van der Waals surface area contributed by atoms with Crippen molar-refractivity contribution in [2.75, 3.05) is 49.0 Å². The summed E-state index contributed by atoms with van der Waals surface area (Å²) in [7, 11) is 10.7. The van der Waals surface area contributed by atoms with Crippen molar-refractivity contribution in [3.63, 3.8) is 0 Å². The molecule has 0 heterocycles. The van der Waals surface area contributed by atoms with Crippen LogP contribution in [0.1, 0.15) is 36.8 Å². The summed E-state index contributed by atoms with van der Waals surface area (Å²) in [5, 5.41) is 3.45. The molecule has 1 aliphatic carbocycles. The van der Waals surface area contributed by atoms with Crippen LogP contribution in [0.25, 0.3) is 0 Å². The number of aliphatic imine (C=N–C) groups is 1. The largest absolute Gasteiger partial charge is 0.493 e. The monoisotopic (exact) mass is 532 g/mol. The minimum absolute atomic E-state index is 0. The first kappa shape index (κ1) is 26.3. The molecule has 0 atom stereocenters. The van der Waals surface area contributed by atoms with Crippen molar-refractivity contribution in [3.8, 4) is 11.5 Å². The van der Waals surface area contributed by atoms with Gasteiger partial charge in [-0.25, -0.2) is 0 Å². The van der Waals surface area contributed by atoms with E-state index in [1.165, 1.54) is 0 Å². The van der Waals surface area contributed by atoms with E-state index in [2.05, 4.69) is 22.1 Å². The summed E-state index contributed by atoms with van der Waals surface area (Å²) in [5.74, 6) is 2.42. The van der Waals surface area contributed by atoms with Gasteiger partial charge in [0.2, 0.25) is 5.91 Å². The van der Waals surface area contributed by atoms with E-state index in [0.29, 0.717) is 18.8 Å². The molecule has 1 N–H and O–H groups in total. The molecule has 0 radical (unpaired) electrons. The summed E-state index contributed by atoms with van der Waals surface area (Å²) in [6.07, 6.45) is 4.04. The van der Waals surface area contributed by atoms with Crippen LogP contribution in [0.4, 0.5) is 0 Å². The number of hydrogen-bond acceptors (Lipinski definition) is 4. The fourth-order valence-electron chi connectivity index (χ4n) is 4.15. The third-order valence-corrected chi connectivity index (χ3v) is 5.83. The SMILES string of the molecule is CN=C(NCC1(C(=O)N(C)C)CCCC1)N(C)Cc1cc(OC)c(OC)cc1C.I. The standard InChI is InChI=1S/C22H36N4O3.HI/c1-16-12-18(28-6)19(29-7)13-17(16)14-26(5)21(23-2)24-15-22(10-8-9-11-22)20(27)25(3)4;/h12-13H,8-11,14-15H2,1-7H3,(H,23,24);1H. The van der Waals surface area contributed by atoms with E-state index in [-0.39, 0.29) is 35.3 Å². The number of aryl methyl sites for hydroxylation is 1. The molecule has 1 saturated carbocycles. The predicted molar refractivity (Wildman–Crippen MR) is 132 cm³/mol. The lowest BCUT2D eigenvalue weighted by Crippen LogP contribution is -2.49. The van der Waals surface area contributed by atoms with E-state index in [1.54, 1.807) is 26.2 Å². The van der Waals surface area contributed by atoms with Crippen LogP contribution in [-0.4, -0.2) is 70.6 Å². The first-order valence-corrected chi connectivity index (χ1v) is 10.1. The summed E-state index contributed by atoms with van der Waals surface area (Å²) in [6, 6.07) is 3.99. The maximum Gasteiger partial charge on any atom is 0.230 e. The maximum absolute atomic E-state index is 12.8. The molecule has 30 heavy (non-hydrogen) atoms. The molecule has 0 saturated heterocycles. The first-order valence-electron chi connectivity index (χ1n) is 10.1. The summed E-state index contributed by atoms with van der Waals surface area (Å²) in [6.45, 7) is 3.33. The molecule has 0 unspecified atom stereocenters. The quantitative estimate of drug-likeness (QED) is 0.332. The lowest BCUT2D eigenvalue weighted by Gasteiger charge is -2.33. The first-order chi connectivity index (χ1) is 13.8. The minimum Gasteiger partial charge on any atom is -0.493 e. The fourth-order valence-corrected chi connectivity index (χ4v) is 4.15. The van der Waals surface area contributed by atoms with Crippen LogP contribution in [0.5, 0.6) is 11.5 Å². The molecule has 1 fully saturated rings. The van der Waals surface area contributed by atoms with Crippen molar-refractivity contribution in [2.24, 2.45) is 10.4 Å². The van der Waals surface area contributed by atoms with Crippen molar-refractivity contribution >= 4 is 35.8 Å². The van der Waals surface area contributed by atoms with Crippen molar-refractivity contribution in [2.45, 2.75) is 39.2 Å². The highest BCUT2D eigenvalue weighted by Crippen LogP contribution is 2.39. The van der Waals surface area contributed by atoms with E-state index in [1.807, 2.05) is 33.3 Å². The Hall–Kier alpha value is -1.71. The molecule has 1 amide bonds. The van der Waals surface area contributed by atoms with Gasteiger partial charge in [-0.1, -0.05) is 12.8 Å². The number of benzene rings is 1. The summed E-state index contributed by atoms with van der Waals surface area (Å²) < 4.78 is 10.8. The number of halogens is 1. The topological polar surface area (TPSA) is 66.4 Å². The van der Waals surface area contributed by atoms with Gasteiger partial charge in [0.05, 0.1) is 19.6 Å². The molecule has 0 aliphatic heterocycles. The Kier molecular flexibility index (Phi) is 10.2. The summed E-state index contributed by atoms with van der Waals surface area (Å²) >= 11 is 0. The Morgan fingerprint density at radius 2 is 1.70 bits per heavy atom. The van der Waals surface area contributed by atoms with Crippen LogP contribution in [-0.2, 0) is 11.3 Å². The van der Waals surface area contributed by atoms with Gasteiger partial charge in [0.15, 0.2) is 17.5 Å². The van der Waals surface area contributed by atoms with Crippen LogP contribution in [0.2, 0.25) is 0 Å². The van der Waals surface area contributed by atoms with E-state index in [9.17, 15) is 4.79 Å². The Bertz CT molecular complexity index is 746. The summed E-state index contributed by atoms with van der Waals surface area (Å²) in [5.41, 5.74) is 1.92. The van der Waals surface area contributed by atoms with Crippen LogP contribution < -0.4 is 14.8 Å². The maximum atomic E-state index is 12.8. The van der Waals surface area contributed by atoms with Crippen LogP contribution in [0, 0.1) is 12.3 Å². The van der Waals surface area contributed by atoms with Crippen LogP contribution in [0.3, 0.4) is 0 Å². The number of ether oxygens (including phenoxy) is 2. The van der Waals surface area contributed by atoms with E-state index in [0.717, 1.165) is 48.5 Å². The van der Waals surface area contributed by atoms with Crippen molar-refractivity contribution in [3.05, 3.63) is 23.3 Å². The Balaban J connectivity index is 0.00000450. The number of rotatable bonds is 7. The van der Waals surface area contributed by atoms with Crippen LogP contribution >= 0.6 is 24.0 Å². The molecule has 8 heteroatoms. The molecule has 1 aromatic rings. The number of carbonyl (C=O) groups is 1. The second-order valence-corrected chi connectivity index (χ2v) is 8.08. The van der Waals surface area contributed by atoms with E-state index < -0.39 is 0 Å². The second-order valence-electron chi connectivity index (χ2n) is 8.08. The highest BCUT2D eigenvalue weighted by atomic mass is 127. The number of methoxy groups -OCH3 is 2. The lowest BCUT2D eigenvalue weighted by atomic mass is 9.84. The molecule has 2 rings (SSSR count). The summed E-state index contributed by atoms with van der Waals surface area (Å²) in [4.78, 5) is 21.0. The highest BCUT2D eigenvalue weighted by Gasteiger charge is 2.42. The van der Waals surface area contributed by atoms with Crippen LogP contribution in [0.15, 0.2) is 17.1 Å². The Labute approximate surface area is 198 Å². The zero-order valence-electron chi connectivity index (χ0n) is 19.4. The smallest absolute Gasteiger partial charge is 0.230 e. The third kappa shape index (κ3) is 5.92. The zero-order chi connectivity index (χ0) is 21.6. The number of nitrogens with zero attached hydrogens (tertiary/aromatic N) is 3. The number of guanidine groups is 1. The molecule has 0 aromatic heterocycles. The highest BCUT2D eigenvalue weighted by molar-refractivity contribution is 14.0. The van der Waals surface area contributed by atoms with Crippen molar-refractivity contribution in [1.82, 2.24) is 15.1 Å². The van der Waals surface area contributed by atoms with Gasteiger partial charge in [0.25, 0.3) is 0 Å². The van der Waals surface area contributed by atoms with E-state index in [4.69, 9.17) is 9.47 Å². The lowest BCUT2D eigenvalue weighted by molar-refractivity contribution is -0.138. The fraction of sp³-hybridized carbons (Fsp3) is 0.636. The number of hydrogen-bond donors (Lipinski definition) is 1. The van der Waals surface area contributed by atoms with Gasteiger partial charge >= 0.3 is 0 Å². The molecule has 7 nitrogen and oxygen atoms in total. The Morgan fingerprint density at radius 1 is 1.13 bits per heavy atom. The second kappa shape index (κ2) is 11.6. The van der Waals surface area contributed by atoms with Crippen molar-refractivity contribution < 1.29 is 14.3 Å². The predicted octanol–water partition coefficient (Wildman–Crippen LogP) is 3.29. The minimum atomic E-state index is -0.334. The molecule has 0 bridgehead atoms. The zero-order valence-corrected chi connectivity index (χ0v) is 21.7. The molecular weight excluding hydrogens is 495 g/mol. The molecular formula is C22H37IN4O3. The molecule has 170 valence electrons. The third-order valence-electron chi connectivity index (χ3n) is 5.83. The van der Waals surface area contributed by atoms with Gasteiger partial charge in [0.1, 0.15) is 0 Å².